The molecule has 2 rings (SSSR count). The molecule has 0 bridgehead atoms. The van der Waals surface area contributed by atoms with Crippen molar-refractivity contribution in [3.05, 3.63) is 48.4 Å². The molecular formula is C14H15NO4S. The highest BCUT2D eigenvalue weighted by molar-refractivity contribution is 7.92. The Labute approximate surface area is 117 Å². The Morgan fingerprint density at radius 1 is 1.15 bits per heavy atom. The van der Waals surface area contributed by atoms with Crippen molar-refractivity contribution >= 4 is 21.4 Å². The van der Waals surface area contributed by atoms with Crippen molar-refractivity contribution in [1.29, 1.82) is 0 Å². The summed E-state index contributed by atoms with van der Waals surface area (Å²) in [6.07, 6.45) is 1.41. The van der Waals surface area contributed by atoms with Crippen LogP contribution in [0.4, 0.5) is 5.69 Å². The molecule has 0 saturated heterocycles. The molecule has 0 fully saturated rings. The minimum atomic E-state index is -3.30. The van der Waals surface area contributed by atoms with Gasteiger partial charge in [0.2, 0.25) is 0 Å². The number of hydrogen-bond donors (Lipinski definition) is 1. The number of benzene rings is 1. The van der Waals surface area contributed by atoms with Gasteiger partial charge in [-0.25, -0.2) is 8.42 Å². The number of carbonyl (C=O) groups excluding carboxylic acids is 1. The summed E-state index contributed by atoms with van der Waals surface area (Å²) in [5.41, 5.74) is 0.508. The summed E-state index contributed by atoms with van der Waals surface area (Å²) in [5, 5.41) is 2.14. The van der Waals surface area contributed by atoms with Gasteiger partial charge >= 0.3 is 0 Å². The quantitative estimate of drug-likeness (QED) is 0.940. The van der Waals surface area contributed by atoms with Crippen LogP contribution in [0.1, 0.15) is 24.4 Å². The van der Waals surface area contributed by atoms with E-state index >= 15 is 0 Å². The van der Waals surface area contributed by atoms with Crippen LogP contribution >= 0.6 is 0 Å². The lowest BCUT2D eigenvalue weighted by atomic mass is 10.3. The second-order valence-corrected chi connectivity index (χ2v) is 7.05. The van der Waals surface area contributed by atoms with Crippen molar-refractivity contribution in [2.45, 2.75) is 24.0 Å². The molecule has 5 nitrogen and oxygen atoms in total. The third-order valence-corrected chi connectivity index (χ3v) is 4.98. The maximum atomic E-state index is 11.9. The Kier molecular flexibility index (Phi) is 3.94. The van der Waals surface area contributed by atoms with Gasteiger partial charge in [-0.15, -0.1) is 0 Å². The molecule has 0 aliphatic carbocycles. The van der Waals surface area contributed by atoms with E-state index in [1.807, 2.05) is 0 Å². The topological polar surface area (TPSA) is 76.4 Å². The summed E-state index contributed by atoms with van der Waals surface area (Å²) in [6, 6.07) is 9.23. The summed E-state index contributed by atoms with van der Waals surface area (Å²) in [4.78, 5) is 12.0. The molecule has 0 unspecified atom stereocenters. The molecule has 0 atom stereocenters. The van der Waals surface area contributed by atoms with Gasteiger partial charge in [0.1, 0.15) is 0 Å². The number of anilines is 1. The fourth-order valence-corrected chi connectivity index (χ4v) is 2.66. The second kappa shape index (κ2) is 5.50. The number of rotatable bonds is 4. The summed E-state index contributed by atoms with van der Waals surface area (Å²) in [7, 11) is -3.30. The van der Waals surface area contributed by atoms with Gasteiger partial charge in [0.05, 0.1) is 16.4 Å². The van der Waals surface area contributed by atoms with Crippen LogP contribution in [0.25, 0.3) is 0 Å². The first-order valence-corrected chi connectivity index (χ1v) is 7.64. The summed E-state index contributed by atoms with van der Waals surface area (Å²) < 4.78 is 28.9. The van der Waals surface area contributed by atoms with Crippen molar-refractivity contribution in [3.8, 4) is 0 Å². The van der Waals surface area contributed by atoms with Gasteiger partial charge in [-0.2, -0.15) is 0 Å². The fourth-order valence-electron chi connectivity index (χ4n) is 1.60. The lowest BCUT2D eigenvalue weighted by molar-refractivity contribution is 0.0996. The van der Waals surface area contributed by atoms with Crippen LogP contribution in [0.5, 0.6) is 0 Å². The molecule has 0 saturated carbocycles. The first-order valence-electron chi connectivity index (χ1n) is 6.10. The Morgan fingerprint density at radius 3 is 2.30 bits per heavy atom. The fraction of sp³-hybridized carbons (Fsp3) is 0.214. The van der Waals surface area contributed by atoms with E-state index in [-0.39, 0.29) is 16.6 Å². The molecule has 1 amide bonds. The van der Waals surface area contributed by atoms with E-state index in [0.717, 1.165) is 0 Å². The average molecular weight is 293 g/mol. The predicted molar refractivity (Wildman–Crippen MR) is 75.4 cm³/mol. The van der Waals surface area contributed by atoms with Gasteiger partial charge in [-0.3, -0.25) is 4.79 Å². The molecule has 0 spiro atoms. The zero-order chi connectivity index (χ0) is 14.8. The molecule has 6 heteroatoms. The highest BCUT2D eigenvalue weighted by atomic mass is 32.2. The van der Waals surface area contributed by atoms with Crippen LogP contribution in [-0.4, -0.2) is 19.6 Å². The maximum absolute atomic E-state index is 11.9. The minimum Gasteiger partial charge on any atom is -0.459 e. The zero-order valence-electron chi connectivity index (χ0n) is 11.2. The number of hydrogen-bond acceptors (Lipinski definition) is 4. The SMILES string of the molecule is CC(C)S(=O)(=O)c1ccc(NC(=O)c2ccco2)cc1. The largest absolute Gasteiger partial charge is 0.459 e. The van der Waals surface area contributed by atoms with E-state index in [9.17, 15) is 13.2 Å². The van der Waals surface area contributed by atoms with Gasteiger partial charge in [-0.05, 0) is 50.2 Å². The smallest absolute Gasteiger partial charge is 0.291 e. The summed E-state index contributed by atoms with van der Waals surface area (Å²) in [6.45, 7) is 3.25. The number of furan rings is 1. The van der Waals surface area contributed by atoms with Crippen LogP contribution in [0.15, 0.2) is 52.0 Å². The van der Waals surface area contributed by atoms with Gasteiger partial charge in [-0.1, -0.05) is 0 Å². The zero-order valence-corrected chi connectivity index (χ0v) is 12.0. The van der Waals surface area contributed by atoms with Gasteiger partial charge in [0.15, 0.2) is 15.6 Å². The van der Waals surface area contributed by atoms with Crippen LogP contribution < -0.4 is 5.32 Å². The van der Waals surface area contributed by atoms with Gasteiger partial charge in [0, 0.05) is 5.69 Å². The van der Waals surface area contributed by atoms with Gasteiger partial charge < -0.3 is 9.73 Å². The summed E-state index contributed by atoms with van der Waals surface area (Å²) in [5.74, 6) is -0.182. The predicted octanol–water partition coefficient (Wildman–Crippen LogP) is 2.71. The first-order chi connectivity index (χ1) is 9.41. The van der Waals surface area contributed by atoms with E-state index < -0.39 is 15.1 Å². The number of sulfone groups is 1. The van der Waals surface area contributed by atoms with Crippen LogP contribution in [0.3, 0.4) is 0 Å². The minimum absolute atomic E-state index is 0.198. The highest BCUT2D eigenvalue weighted by Gasteiger charge is 2.19. The molecule has 0 aliphatic rings. The normalized spacial score (nSPS) is 11.6. The number of nitrogens with one attached hydrogen (secondary N) is 1. The molecule has 1 N–H and O–H groups in total. The molecule has 2 aromatic rings. The Balaban J connectivity index is 2.15. The second-order valence-electron chi connectivity index (χ2n) is 4.55. The van der Waals surface area contributed by atoms with E-state index in [1.54, 1.807) is 38.1 Å². The van der Waals surface area contributed by atoms with Crippen molar-refractivity contribution < 1.29 is 17.6 Å². The summed E-state index contributed by atoms with van der Waals surface area (Å²) >= 11 is 0. The molecule has 106 valence electrons. The Bertz CT molecular complexity index is 685. The van der Waals surface area contributed by atoms with Crippen molar-refractivity contribution in [3.63, 3.8) is 0 Å². The van der Waals surface area contributed by atoms with Crippen LogP contribution in [0.2, 0.25) is 0 Å². The Morgan fingerprint density at radius 2 is 1.80 bits per heavy atom. The van der Waals surface area contributed by atoms with E-state index in [4.69, 9.17) is 4.42 Å². The lowest BCUT2D eigenvalue weighted by Crippen LogP contribution is -2.14. The van der Waals surface area contributed by atoms with E-state index in [1.165, 1.54) is 18.4 Å². The van der Waals surface area contributed by atoms with Crippen molar-refractivity contribution in [1.82, 2.24) is 0 Å². The number of carbonyl (C=O) groups is 1. The molecule has 0 aliphatic heterocycles. The third kappa shape index (κ3) is 2.91. The maximum Gasteiger partial charge on any atom is 0.291 e. The molecule has 0 radical (unpaired) electrons. The van der Waals surface area contributed by atoms with E-state index in [2.05, 4.69) is 5.32 Å². The highest BCUT2D eigenvalue weighted by Crippen LogP contribution is 2.19. The number of amides is 1. The van der Waals surface area contributed by atoms with Crippen molar-refractivity contribution in [2.75, 3.05) is 5.32 Å². The molecule has 20 heavy (non-hydrogen) atoms. The van der Waals surface area contributed by atoms with Crippen LogP contribution in [0, 0.1) is 0 Å². The molecule has 1 aromatic heterocycles. The third-order valence-electron chi connectivity index (χ3n) is 2.81. The molecule has 1 aromatic carbocycles. The lowest BCUT2D eigenvalue weighted by Gasteiger charge is -2.09. The Hall–Kier alpha value is -2.08. The average Bonchev–Trinajstić information content (AvgIpc) is 2.93. The standard InChI is InChI=1S/C14H15NO4S/c1-10(2)20(17,18)12-7-5-11(6-8-12)15-14(16)13-4-3-9-19-13/h3-10H,1-2H3,(H,15,16). The van der Waals surface area contributed by atoms with Gasteiger partial charge in [0.25, 0.3) is 5.91 Å². The first kappa shape index (κ1) is 14.3. The monoisotopic (exact) mass is 293 g/mol. The van der Waals surface area contributed by atoms with Crippen LogP contribution in [-0.2, 0) is 9.84 Å². The van der Waals surface area contributed by atoms with E-state index in [0.29, 0.717) is 5.69 Å². The molecular weight excluding hydrogens is 278 g/mol. The van der Waals surface area contributed by atoms with Crippen molar-refractivity contribution in [2.24, 2.45) is 0 Å². The molecule has 1 heterocycles.